The van der Waals surface area contributed by atoms with Gasteiger partial charge in [0, 0.05) is 0 Å². The van der Waals surface area contributed by atoms with E-state index in [0.29, 0.717) is 0 Å². The summed E-state index contributed by atoms with van der Waals surface area (Å²) in [7, 11) is 0. The first-order chi connectivity index (χ1) is 8.29. The highest BCUT2D eigenvalue weighted by molar-refractivity contribution is 5.66. The van der Waals surface area contributed by atoms with Crippen molar-refractivity contribution in [2.24, 2.45) is 0 Å². The molecule has 0 bridgehead atoms. The molecule has 0 saturated heterocycles. The SMILES string of the molecule is [O]C(=O)CCCCCCCCc1ccccc1. The molecule has 0 fully saturated rings. The third kappa shape index (κ3) is 7.56. The molecule has 1 aromatic rings. The van der Waals surface area contributed by atoms with E-state index in [1.165, 1.54) is 24.8 Å². The van der Waals surface area contributed by atoms with Crippen molar-refractivity contribution in [1.82, 2.24) is 0 Å². The van der Waals surface area contributed by atoms with Crippen LogP contribution >= 0.6 is 0 Å². The molecule has 0 atom stereocenters. The number of rotatable bonds is 9. The minimum absolute atomic E-state index is 0.212. The van der Waals surface area contributed by atoms with Crippen molar-refractivity contribution in [1.29, 1.82) is 0 Å². The molecule has 1 radical (unpaired) electrons. The summed E-state index contributed by atoms with van der Waals surface area (Å²) in [6.07, 6.45) is 7.96. The molecule has 0 amide bonds. The van der Waals surface area contributed by atoms with Gasteiger partial charge in [-0.1, -0.05) is 56.0 Å². The first kappa shape index (κ1) is 13.8. The van der Waals surface area contributed by atoms with Gasteiger partial charge in [-0.05, 0) is 24.8 Å². The lowest BCUT2D eigenvalue weighted by atomic mass is 10.0. The molecular weight excluding hydrogens is 212 g/mol. The van der Waals surface area contributed by atoms with Crippen LogP contribution in [0.1, 0.15) is 50.5 Å². The smallest absolute Gasteiger partial charge is 0.247 e. The van der Waals surface area contributed by atoms with Gasteiger partial charge in [0.25, 0.3) is 0 Å². The minimum atomic E-state index is -0.922. The van der Waals surface area contributed by atoms with Crippen LogP contribution in [0.4, 0.5) is 0 Å². The second-order valence-corrected chi connectivity index (χ2v) is 4.48. The summed E-state index contributed by atoms with van der Waals surface area (Å²) < 4.78 is 0. The molecule has 1 aromatic carbocycles. The van der Waals surface area contributed by atoms with Crippen LogP contribution in [0.5, 0.6) is 0 Å². The Morgan fingerprint density at radius 1 is 0.824 bits per heavy atom. The molecule has 0 spiro atoms. The predicted molar refractivity (Wildman–Crippen MR) is 68.2 cm³/mol. The van der Waals surface area contributed by atoms with Gasteiger partial charge in [0.05, 0.1) is 6.42 Å². The van der Waals surface area contributed by atoms with Crippen molar-refractivity contribution < 1.29 is 9.90 Å². The van der Waals surface area contributed by atoms with Crippen molar-refractivity contribution in [2.75, 3.05) is 0 Å². The van der Waals surface area contributed by atoms with Gasteiger partial charge in [-0.15, -0.1) is 0 Å². The number of hydrogen-bond donors (Lipinski definition) is 0. The van der Waals surface area contributed by atoms with E-state index in [-0.39, 0.29) is 6.42 Å². The molecule has 0 unspecified atom stereocenters. The molecule has 2 heteroatoms. The van der Waals surface area contributed by atoms with Crippen LogP contribution in [-0.4, -0.2) is 5.97 Å². The van der Waals surface area contributed by atoms with Gasteiger partial charge in [-0.3, -0.25) is 0 Å². The van der Waals surface area contributed by atoms with E-state index in [1.807, 2.05) is 6.07 Å². The average Bonchev–Trinajstić information content (AvgIpc) is 2.33. The Hall–Kier alpha value is -1.31. The van der Waals surface area contributed by atoms with E-state index in [2.05, 4.69) is 24.3 Å². The van der Waals surface area contributed by atoms with Crippen LogP contribution in [0.25, 0.3) is 0 Å². The summed E-state index contributed by atoms with van der Waals surface area (Å²) in [6.45, 7) is 0. The van der Waals surface area contributed by atoms with Gasteiger partial charge >= 0.3 is 5.97 Å². The van der Waals surface area contributed by atoms with Crippen LogP contribution in [0.2, 0.25) is 0 Å². The Morgan fingerprint density at radius 2 is 1.41 bits per heavy atom. The summed E-state index contributed by atoms with van der Waals surface area (Å²) >= 11 is 0. The van der Waals surface area contributed by atoms with Gasteiger partial charge in [-0.25, -0.2) is 9.90 Å². The van der Waals surface area contributed by atoms with E-state index < -0.39 is 5.97 Å². The Bertz CT molecular complexity index is 306. The highest BCUT2D eigenvalue weighted by Gasteiger charge is 1.98. The zero-order valence-electron chi connectivity index (χ0n) is 10.4. The topological polar surface area (TPSA) is 37.0 Å². The van der Waals surface area contributed by atoms with Crippen molar-refractivity contribution in [3.8, 4) is 0 Å². The molecule has 0 aliphatic carbocycles. The molecule has 0 aliphatic heterocycles. The van der Waals surface area contributed by atoms with Gasteiger partial charge < -0.3 is 0 Å². The van der Waals surface area contributed by atoms with Gasteiger partial charge in [0.15, 0.2) is 0 Å². The third-order valence-corrected chi connectivity index (χ3v) is 2.94. The van der Waals surface area contributed by atoms with Crippen LogP contribution in [0, 0.1) is 0 Å². The maximum atomic E-state index is 10.2. The minimum Gasteiger partial charge on any atom is -0.247 e. The second-order valence-electron chi connectivity index (χ2n) is 4.48. The normalized spacial score (nSPS) is 10.4. The van der Waals surface area contributed by atoms with E-state index in [0.717, 1.165) is 25.7 Å². The van der Waals surface area contributed by atoms with Crippen molar-refractivity contribution >= 4 is 5.97 Å². The Labute approximate surface area is 104 Å². The number of aryl methyl sites for hydroxylation is 1. The molecular formula is C15H21O2. The third-order valence-electron chi connectivity index (χ3n) is 2.94. The molecule has 0 N–H and O–H groups in total. The number of carbonyl (C=O) groups excluding carboxylic acids is 1. The van der Waals surface area contributed by atoms with Crippen molar-refractivity contribution in [3.63, 3.8) is 0 Å². The number of hydrogen-bond acceptors (Lipinski definition) is 1. The monoisotopic (exact) mass is 233 g/mol. The first-order valence-corrected chi connectivity index (χ1v) is 6.53. The maximum absolute atomic E-state index is 10.2. The molecule has 2 nitrogen and oxygen atoms in total. The lowest BCUT2D eigenvalue weighted by molar-refractivity contribution is -0.143. The summed E-state index contributed by atoms with van der Waals surface area (Å²) in [4.78, 5) is 10.2. The average molecular weight is 233 g/mol. The zero-order chi connectivity index (χ0) is 12.3. The van der Waals surface area contributed by atoms with E-state index in [4.69, 9.17) is 0 Å². The second kappa shape index (κ2) is 8.80. The molecule has 0 heterocycles. The lowest BCUT2D eigenvalue weighted by Gasteiger charge is -2.01. The van der Waals surface area contributed by atoms with E-state index in [1.54, 1.807) is 0 Å². The number of unbranched alkanes of at least 4 members (excludes halogenated alkanes) is 5. The van der Waals surface area contributed by atoms with Gasteiger partial charge in [0.1, 0.15) is 0 Å². The summed E-state index contributed by atoms with van der Waals surface area (Å²) in [6, 6.07) is 10.5. The molecule has 1 rings (SSSR count). The maximum Gasteiger partial charge on any atom is 0.355 e. The van der Waals surface area contributed by atoms with E-state index in [9.17, 15) is 9.90 Å². The van der Waals surface area contributed by atoms with Gasteiger partial charge in [-0.2, -0.15) is 0 Å². The molecule has 0 aromatic heterocycles. The Balaban J connectivity index is 1.90. The lowest BCUT2D eigenvalue weighted by Crippen LogP contribution is -1.91. The fourth-order valence-corrected chi connectivity index (χ4v) is 1.95. The zero-order valence-corrected chi connectivity index (χ0v) is 10.4. The van der Waals surface area contributed by atoms with Gasteiger partial charge in [0.2, 0.25) is 0 Å². The largest absolute Gasteiger partial charge is 0.355 e. The van der Waals surface area contributed by atoms with Crippen molar-refractivity contribution in [3.05, 3.63) is 35.9 Å². The summed E-state index contributed by atoms with van der Waals surface area (Å²) in [5, 5.41) is 10.2. The van der Waals surface area contributed by atoms with E-state index >= 15 is 0 Å². The summed E-state index contributed by atoms with van der Waals surface area (Å²) in [5.74, 6) is -0.922. The molecule has 0 aliphatic rings. The predicted octanol–water partition coefficient (Wildman–Crippen LogP) is 3.92. The van der Waals surface area contributed by atoms with Crippen molar-refractivity contribution in [2.45, 2.75) is 51.4 Å². The molecule has 17 heavy (non-hydrogen) atoms. The molecule has 0 saturated carbocycles. The number of carbonyl (C=O) groups is 1. The fraction of sp³-hybridized carbons (Fsp3) is 0.533. The quantitative estimate of drug-likeness (QED) is 0.596. The summed E-state index contributed by atoms with van der Waals surface area (Å²) in [5.41, 5.74) is 1.41. The standard InChI is InChI=1S/C15H21O2/c16-15(17)13-9-4-2-1-3-6-10-14-11-7-5-8-12-14/h5,7-8,11-12H,1-4,6,9-10,13H2. The Kier molecular flexibility index (Phi) is 7.12. The number of benzene rings is 1. The van der Waals surface area contributed by atoms with Crippen LogP contribution in [0.3, 0.4) is 0 Å². The van der Waals surface area contributed by atoms with Crippen LogP contribution in [-0.2, 0) is 16.3 Å². The highest BCUT2D eigenvalue weighted by atomic mass is 16.4. The Morgan fingerprint density at radius 3 is 2.06 bits per heavy atom. The first-order valence-electron chi connectivity index (χ1n) is 6.53. The molecule has 93 valence electrons. The van der Waals surface area contributed by atoms with Crippen LogP contribution < -0.4 is 0 Å². The highest BCUT2D eigenvalue weighted by Crippen LogP contribution is 2.10. The van der Waals surface area contributed by atoms with Crippen LogP contribution in [0.15, 0.2) is 30.3 Å². The fourth-order valence-electron chi connectivity index (χ4n) is 1.95.